The molecule has 148 valence electrons. The van der Waals surface area contributed by atoms with Gasteiger partial charge in [0, 0.05) is 20.1 Å². The second kappa shape index (κ2) is 10.3. The number of ether oxygens (including phenoxy) is 1. The molecule has 0 aliphatic heterocycles. The number of aliphatic imine (C=N–C) groups is 1. The highest BCUT2D eigenvalue weighted by Gasteiger charge is 2.27. The predicted molar refractivity (Wildman–Crippen MR) is 100 cm³/mol. The van der Waals surface area contributed by atoms with Gasteiger partial charge in [-0.25, -0.2) is 0 Å². The van der Waals surface area contributed by atoms with E-state index in [1.807, 2.05) is 24.3 Å². The minimum Gasteiger partial charge on any atom is -0.367 e. The van der Waals surface area contributed by atoms with E-state index in [1.165, 1.54) is 0 Å². The first-order chi connectivity index (χ1) is 13.4. The van der Waals surface area contributed by atoms with Crippen LogP contribution in [0, 0.1) is 11.3 Å². The Bertz CT molecular complexity index is 827. The van der Waals surface area contributed by atoms with Crippen molar-refractivity contribution in [1.29, 1.82) is 5.26 Å². The van der Waals surface area contributed by atoms with Gasteiger partial charge in [0.25, 0.3) is 0 Å². The van der Waals surface area contributed by atoms with E-state index in [4.69, 9.17) is 5.26 Å². The topological polar surface area (TPSA) is 69.4 Å². The third-order valence-electron chi connectivity index (χ3n) is 3.76. The summed E-state index contributed by atoms with van der Waals surface area (Å²) in [6, 6.07) is 16.5. The Kier molecular flexibility index (Phi) is 7.84. The molecule has 0 radical (unpaired) electrons. The van der Waals surface area contributed by atoms with Crippen LogP contribution in [-0.2, 0) is 24.4 Å². The molecule has 0 bridgehead atoms. The van der Waals surface area contributed by atoms with Gasteiger partial charge in [0.15, 0.2) is 5.96 Å². The molecule has 8 heteroatoms. The predicted octanol–water partition coefficient (Wildman–Crippen LogP) is 3.50. The van der Waals surface area contributed by atoms with E-state index >= 15 is 0 Å². The van der Waals surface area contributed by atoms with Crippen molar-refractivity contribution in [2.24, 2.45) is 4.99 Å². The molecule has 2 aromatic rings. The summed E-state index contributed by atoms with van der Waals surface area (Å²) in [7, 11) is 1.65. The summed E-state index contributed by atoms with van der Waals surface area (Å²) in [4.78, 5) is 4.14. The lowest BCUT2D eigenvalue weighted by Gasteiger charge is -2.13. The average molecular weight is 390 g/mol. The molecule has 0 aromatic heterocycles. The minimum atomic E-state index is -4.32. The summed E-state index contributed by atoms with van der Waals surface area (Å²) in [5.41, 5.74) is 3.19. The first-order valence-electron chi connectivity index (χ1n) is 8.55. The average Bonchev–Trinajstić information content (AvgIpc) is 2.68. The molecule has 0 spiro atoms. The summed E-state index contributed by atoms with van der Waals surface area (Å²) >= 11 is 0. The van der Waals surface area contributed by atoms with Crippen molar-refractivity contribution in [2.75, 3.05) is 13.7 Å². The highest BCUT2D eigenvalue weighted by Crippen LogP contribution is 2.15. The van der Waals surface area contributed by atoms with Crippen molar-refractivity contribution in [1.82, 2.24) is 10.6 Å². The smallest absolute Gasteiger partial charge is 0.367 e. The second-order valence-electron chi connectivity index (χ2n) is 6.02. The van der Waals surface area contributed by atoms with Gasteiger partial charge in [-0.1, -0.05) is 36.4 Å². The molecular weight excluding hydrogens is 369 g/mol. The third-order valence-corrected chi connectivity index (χ3v) is 3.76. The Morgan fingerprint density at radius 3 is 2.29 bits per heavy atom. The summed E-state index contributed by atoms with van der Waals surface area (Å²) in [6.07, 6.45) is -4.32. The molecule has 0 aliphatic carbocycles. The van der Waals surface area contributed by atoms with Crippen LogP contribution in [-0.4, -0.2) is 25.8 Å². The van der Waals surface area contributed by atoms with Crippen LogP contribution in [0.15, 0.2) is 53.5 Å². The van der Waals surface area contributed by atoms with Crippen LogP contribution in [0.1, 0.15) is 22.3 Å². The quantitative estimate of drug-likeness (QED) is 0.561. The standard InChI is InChI=1S/C20H21F3N4O/c1-25-19(27-12-18-4-2-3-17(9-18)10-24)26-11-15-5-7-16(8-6-15)13-28-14-20(21,22)23/h2-9H,11-14H2,1H3,(H2,25,26,27). The molecule has 0 amide bonds. The first kappa shape index (κ1) is 21.3. The molecule has 2 N–H and O–H groups in total. The van der Waals surface area contributed by atoms with Crippen LogP contribution in [0.25, 0.3) is 0 Å². The number of benzene rings is 2. The number of alkyl halides is 3. The van der Waals surface area contributed by atoms with Crippen LogP contribution >= 0.6 is 0 Å². The number of hydrogen-bond donors (Lipinski definition) is 2. The van der Waals surface area contributed by atoms with E-state index in [0.717, 1.165) is 11.1 Å². The normalized spacial score (nSPS) is 11.8. The number of halogens is 3. The van der Waals surface area contributed by atoms with Crippen molar-refractivity contribution < 1.29 is 17.9 Å². The van der Waals surface area contributed by atoms with Crippen molar-refractivity contribution in [3.05, 3.63) is 70.8 Å². The molecule has 0 heterocycles. The Hall–Kier alpha value is -3.05. The Balaban J connectivity index is 1.79. The van der Waals surface area contributed by atoms with Gasteiger partial charge in [-0.15, -0.1) is 0 Å². The van der Waals surface area contributed by atoms with E-state index in [-0.39, 0.29) is 6.61 Å². The van der Waals surface area contributed by atoms with Crippen LogP contribution in [0.2, 0.25) is 0 Å². The van der Waals surface area contributed by atoms with E-state index in [9.17, 15) is 13.2 Å². The first-order valence-corrected chi connectivity index (χ1v) is 8.55. The molecule has 5 nitrogen and oxygen atoms in total. The number of nitriles is 1. The largest absolute Gasteiger partial charge is 0.411 e. The number of nitrogens with zero attached hydrogens (tertiary/aromatic N) is 2. The van der Waals surface area contributed by atoms with Gasteiger partial charge in [-0.05, 0) is 28.8 Å². The molecule has 2 aromatic carbocycles. The lowest BCUT2D eigenvalue weighted by atomic mass is 10.1. The Morgan fingerprint density at radius 2 is 1.68 bits per heavy atom. The zero-order chi connectivity index (χ0) is 20.4. The molecule has 0 fully saturated rings. The maximum Gasteiger partial charge on any atom is 0.411 e. The molecule has 0 unspecified atom stereocenters. The van der Waals surface area contributed by atoms with Crippen LogP contribution in [0.4, 0.5) is 13.2 Å². The number of hydrogen-bond acceptors (Lipinski definition) is 3. The highest BCUT2D eigenvalue weighted by molar-refractivity contribution is 5.79. The van der Waals surface area contributed by atoms with Crippen LogP contribution in [0.5, 0.6) is 0 Å². The van der Waals surface area contributed by atoms with E-state index in [0.29, 0.717) is 30.2 Å². The Labute approximate surface area is 161 Å². The van der Waals surface area contributed by atoms with Gasteiger partial charge >= 0.3 is 6.18 Å². The van der Waals surface area contributed by atoms with Crippen molar-refractivity contribution in [3.8, 4) is 6.07 Å². The van der Waals surface area contributed by atoms with Gasteiger partial charge in [0.05, 0.1) is 18.2 Å². The van der Waals surface area contributed by atoms with Gasteiger partial charge in [-0.2, -0.15) is 18.4 Å². The van der Waals surface area contributed by atoms with Gasteiger partial charge in [0.1, 0.15) is 6.61 Å². The lowest BCUT2D eigenvalue weighted by Crippen LogP contribution is -2.36. The molecule has 0 saturated carbocycles. The summed E-state index contributed by atoms with van der Waals surface area (Å²) in [5.74, 6) is 0.597. The van der Waals surface area contributed by atoms with Crippen LogP contribution < -0.4 is 10.6 Å². The number of nitrogens with one attached hydrogen (secondary N) is 2. The third kappa shape index (κ3) is 7.68. The zero-order valence-corrected chi connectivity index (χ0v) is 15.4. The molecule has 2 rings (SSSR count). The maximum absolute atomic E-state index is 12.1. The highest BCUT2D eigenvalue weighted by atomic mass is 19.4. The fraction of sp³-hybridized carbons (Fsp3) is 0.300. The van der Waals surface area contributed by atoms with Crippen molar-refractivity contribution in [2.45, 2.75) is 25.9 Å². The van der Waals surface area contributed by atoms with Gasteiger partial charge in [-0.3, -0.25) is 4.99 Å². The van der Waals surface area contributed by atoms with E-state index in [1.54, 1.807) is 31.3 Å². The van der Waals surface area contributed by atoms with E-state index < -0.39 is 12.8 Å². The molecule has 28 heavy (non-hydrogen) atoms. The SMILES string of the molecule is CN=C(NCc1ccc(COCC(F)(F)F)cc1)NCc1cccc(C#N)c1. The van der Waals surface area contributed by atoms with Crippen molar-refractivity contribution in [3.63, 3.8) is 0 Å². The molecule has 0 saturated heterocycles. The van der Waals surface area contributed by atoms with Gasteiger partial charge < -0.3 is 15.4 Å². The Morgan fingerprint density at radius 1 is 1.04 bits per heavy atom. The summed E-state index contributed by atoms with van der Waals surface area (Å²) in [5, 5.41) is 15.3. The lowest BCUT2D eigenvalue weighted by molar-refractivity contribution is -0.176. The van der Waals surface area contributed by atoms with E-state index in [2.05, 4.69) is 26.4 Å². The molecule has 0 aliphatic rings. The zero-order valence-electron chi connectivity index (χ0n) is 15.4. The minimum absolute atomic E-state index is 0.0851. The fourth-order valence-electron chi connectivity index (χ4n) is 2.38. The second-order valence-corrected chi connectivity index (χ2v) is 6.02. The maximum atomic E-state index is 12.1. The van der Waals surface area contributed by atoms with Gasteiger partial charge in [0.2, 0.25) is 0 Å². The van der Waals surface area contributed by atoms with Crippen LogP contribution in [0.3, 0.4) is 0 Å². The van der Waals surface area contributed by atoms with Crippen molar-refractivity contribution >= 4 is 5.96 Å². The monoisotopic (exact) mass is 390 g/mol. The number of rotatable bonds is 7. The fourth-order valence-corrected chi connectivity index (χ4v) is 2.38. The molecular formula is C20H21F3N4O. The number of guanidine groups is 1. The summed E-state index contributed by atoms with van der Waals surface area (Å²) in [6.45, 7) is -0.319. The summed E-state index contributed by atoms with van der Waals surface area (Å²) < 4.78 is 40.9. The molecule has 0 atom stereocenters.